The molecule has 0 saturated heterocycles. The second kappa shape index (κ2) is 5.69. The lowest BCUT2D eigenvalue weighted by Gasteiger charge is -2.08. The van der Waals surface area contributed by atoms with Crippen LogP contribution in [-0.4, -0.2) is 5.91 Å². The molecule has 2 rings (SSSR count). The van der Waals surface area contributed by atoms with Crippen molar-refractivity contribution in [2.24, 2.45) is 0 Å². The second-order valence-electron chi connectivity index (χ2n) is 4.51. The van der Waals surface area contributed by atoms with Crippen molar-refractivity contribution in [2.75, 3.05) is 5.73 Å². The Bertz CT molecular complexity index is 656. The normalized spacial score (nSPS) is 10.3. The van der Waals surface area contributed by atoms with E-state index < -0.39 is 17.5 Å². The van der Waals surface area contributed by atoms with Crippen LogP contribution in [0.5, 0.6) is 0 Å². The number of halogens is 2. The molecule has 20 heavy (non-hydrogen) atoms. The van der Waals surface area contributed by atoms with E-state index in [2.05, 4.69) is 5.32 Å². The first-order chi connectivity index (χ1) is 9.47. The molecule has 0 aromatic heterocycles. The van der Waals surface area contributed by atoms with Gasteiger partial charge in [-0.2, -0.15) is 0 Å². The highest BCUT2D eigenvalue weighted by Gasteiger charge is 2.14. The Labute approximate surface area is 115 Å². The van der Waals surface area contributed by atoms with Gasteiger partial charge >= 0.3 is 0 Å². The minimum Gasteiger partial charge on any atom is -0.399 e. The summed E-state index contributed by atoms with van der Waals surface area (Å²) in [6, 6.07) is 8.91. The van der Waals surface area contributed by atoms with Crippen LogP contribution >= 0.6 is 0 Å². The minimum absolute atomic E-state index is 0.173. The van der Waals surface area contributed by atoms with E-state index >= 15 is 0 Å². The van der Waals surface area contributed by atoms with Gasteiger partial charge in [0.2, 0.25) is 0 Å². The molecule has 3 N–H and O–H groups in total. The zero-order chi connectivity index (χ0) is 14.7. The van der Waals surface area contributed by atoms with Gasteiger partial charge in [0.05, 0.1) is 5.56 Å². The van der Waals surface area contributed by atoms with Crippen LogP contribution in [0.25, 0.3) is 0 Å². The first-order valence-corrected chi connectivity index (χ1v) is 6.05. The molecule has 0 spiro atoms. The third-order valence-corrected chi connectivity index (χ3v) is 2.90. The number of nitrogens with two attached hydrogens (primary N) is 1. The Hall–Kier alpha value is -2.43. The van der Waals surface area contributed by atoms with Gasteiger partial charge in [-0.25, -0.2) is 8.78 Å². The Morgan fingerprint density at radius 3 is 2.65 bits per heavy atom. The Kier molecular flexibility index (Phi) is 3.98. The summed E-state index contributed by atoms with van der Waals surface area (Å²) in [7, 11) is 0. The van der Waals surface area contributed by atoms with E-state index in [-0.39, 0.29) is 17.7 Å². The first kappa shape index (κ1) is 14.0. The molecular formula is C15H14F2N2O. The van der Waals surface area contributed by atoms with Crippen molar-refractivity contribution in [3.8, 4) is 0 Å². The number of carbonyl (C=O) groups excluding carboxylic acids is 1. The van der Waals surface area contributed by atoms with Gasteiger partial charge in [-0.1, -0.05) is 12.1 Å². The first-order valence-electron chi connectivity index (χ1n) is 6.05. The lowest BCUT2D eigenvalue weighted by molar-refractivity contribution is 0.0946. The van der Waals surface area contributed by atoms with Crippen LogP contribution in [-0.2, 0) is 6.54 Å². The molecule has 5 heteroatoms. The molecule has 3 nitrogen and oxygen atoms in total. The highest BCUT2D eigenvalue weighted by Crippen LogP contribution is 2.14. The number of amides is 1. The van der Waals surface area contributed by atoms with Crippen LogP contribution in [0.1, 0.15) is 21.5 Å². The molecule has 0 aliphatic carbocycles. The smallest absolute Gasteiger partial charge is 0.254 e. The molecule has 0 saturated carbocycles. The van der Waals surface area contributed by atoms with Gasteiger partial charge in [-0.05, 0) is 36.2 Å². The van der Waals surface area contributed by atoms with Crippen molar-refractivity contribution in [2.45, 2.75) is 13.5 Å². The number of nitrogen functional groups attached to an aromatic ring is 1. The molecule has 0 heterocycles. The molecule has 1 amide bonds. The zero-order valence-corrected chi connectivity index (χ0v) is 10.9. The van der Waals surface area contributed by atoms with Crippen LogP contribution in [0.15, 0.2) is 36.4 Å². The predicted octanol–water partition coefficient (Wildman–Crippen LogP) is 2.79. The highest BCUT2D eigenvalue weighted by atomic mass is 19.1. The van der Waals surface area contributed by atoms with Crippen LogP contribution in [0.4, 0.5) is 14.5 Å². The highest BCUT2D eigenvalue weighted by molar-refractivity contribution is 5.94. The van der Waals surface area contributed by atoms with E-state index in [1.54, 1.807) is 24.3 Å². The number of hydrogen-bond acceptors (Lipinski definition) is 2. The average Bonchev–Trinajstić information content (AvgIpc) is 2.40. The van der Waals surface area contributed by atoms with Crippen LogP contribution in [0.3, 0.4) is 0 Å². The van der Waals surface area contributed by atoms with Crippen molar-refractivity contribution < 1.29 is 13.6 Å². The van der Waals surface area contributed by atoms with Gasteiger partial charge < -0.3 is 11.1 Å². The van der Waals surface area contributed by atoms with E-state index in [0.717, 1.165) is 5.56 Å². The maximum absolute atomic E-state index is 13.5. The molecule has 0 aliphatic rings. The van der Waals surface area contributed by atoms with Gasteiger partial charge in [0.15, 0.2) is 0 Å². The number of aryl methyl sites for hydroxylation is 1. The van der Waals surface area contributed by atoms with Crippen molar-refractivity contribution in [1.82, 2.24) is 5.32 Å². The van der Waals surface area contributed by atoms with E-state index in [1.165, 1.54) is 13.0 Å². The SMILES string of the molecule is Cc1cc(C(=O)NCc2cccc(N)c2)c(F)cc1F. The summed E-state index contributed by atoms with van der Waals surface area (Å²) in [5.41, 5.74) is 7.06. The lowest BCUT2D eigenvalue weighted by Crippen LogP contribution is -2.24. The number of hydrogen-bond donors (Lipinski definition) is 2. The second-order valence-corrected chi connectivity index (χ2v) is 4.51. The molecule has 0 aliphatic heterocycles. The van der Waals surface area contributed by atoms with Crippen molar-refractivity contribution in [3.63, 3.8) is 0 Å². The number of rotatable bonds is 3. The Balaban J connectivity index is 2.11. The molecule has 0 atom stereocenters. The Morgan fingerprint density at radius 2 is 1.95 bits per heavy atom. The third kappa shape index (κ3) is 3.12. The summed E-state index contributed by atoms with van der Waals surface area (Å²) >= 11 is 0. The fourth-order valence-corrected chi connectivity index (χ4v) is 1.81. The van der Waals surface area contributed by atoms with Crippen molar-refractivity contribution in [1.29, 1.82) is 0 Å². The maximum atomic E-state index is 13.5. The van der Waals surface area contributed by atoms with Crippen LogP contribution in [0.2, 0.25) is 0 Å². The maximum Gasteiger partial charge on any atom is 0.254 e. The number of nitrogens with one attached hydrogen (secondary N) is 1. The molecule has 2 aromatic carbocycles. The fourth-order valence-electron chi connectivity index (χ4n) is 1.81. The van der Waals surface area contributed by atoms with Gasteiger partial charge in [-0.3, -0.25) is 4.79 Å². The van der Waals surface area contributed by atoms with Crippen molar-refractivity contribution in [3.05, 3.63) is 64.7 Å². The van der Waals surface area contributed by atoms with E-state index in [9.17, 15) is 13.6 Å². The predicted molar refractivity (Wildman–Crippen MR) is 73.1 cm³/mol. The molecule has 0 unspecified atom stereocenters. The van der Waals surface area contributed by atoms with Crippen molar-refractivity contribution >= 4 is 11.6 Å². The Morgan fingerprint density at radius 1 is 1.20 bits per heavy atom. The largest absolute Gasteiger partial charge is 0.399 e. The fraction of sp³-hybridized carbons (Fsp3) is 0.133. The standard InChI is InChI=1S/C15H14F2N2O/c1-9-5-12(14(17)7-13(9)16)15(20)19-8-10-3-2-4-11(18)6-10/h2-7H,8,18H2,1H3,(H,19,20). The summed E-state index contributed by atoms with van der Waals surface area (Å²) in [6.45, 7) is 1.70. The average molecular weight is 276 g/mol. The van der Waals surface area contributed by atoms with E-state index in [4.69, 9.17) is 5.73 Å². The number of anilines is 1. The summed E-state index contributed by atoms with van der Waals surface area (Å²) in [4.78, 5) is 11.9. The van der Waals surface area contributed by atoms with Gasteiger partial charge in [0, 0.05) is 18.3 Å². The lowest BCUT2D eigenvalue weighted by atomic mass is 10.1. The summed E-state index contributed by atoms with van der Waals surface area (Å²) in [5, 5.41) is 2.57. The molecule has 104 valence electrons. The summed E-state index contributed by atoms with van der Waals surface area (Å²) in [6.07, 6.45) is 0. The topological polar surface area (TPSA) is 55.1 Å². The van der Waals surface area contributed by atoms with Crippen LogP contribution in [0, 0.1) is 18.6 Å². The molecule has 0 fully saturated rings. The summed E-state index contributed by atoms with van der Waals surface area (Å²) < 4.78 is 26.7. The number of benzene rings is 2. The van der Waals surface area contributed by atoms with E-state index in [0.29, 0.717) is 11.8 Å². The minimum atomic E-state index is -0.877. The monoisotopic (exact) mass is 276 g/mol. The molecule has 0 bridgehead atoms. The van der Waals surface area contributed by atoms with E-state index in [1.807, 2.05) is 0 Å². The van der Waals surface area contributed by atoms with Gasteiger partial charge in [-0.15, -0.1) is 0 Å². The molecule has 0 radical (unpaired) electrons. The van der Waals surface area contributed by atoms with Gasteiger partial charge in [0.1, 0.15) is 11.6 Å². The third-order valence-electron chi connectivity index (χ3n) is 2.90. The molecular weight excluding hydrogens is 262 g/mol. The quantitative estimate of drug-likeness (QED) is 0.847. The molecule has 2 aromatic rings. The van der Waals surface area contributed by atoms with Gasteiger partial charge in [0.25, 0.3) is 5.91 Å². The van der Waals surface area contributed by atoms with Crippen LogP contribution < -0.4 is 11.1 Å². The number of carbonyl (C=O) groups is 1. The zero-order valence-electron chi connectivity index (χ0n) is 10.9. The summed E-state index contributed by atoms with van der Waals surface area (Å²) in [5.74, 6) is -2.14.